The average molecular weight is 422 g/mol. The molecule has 0 aliphatic carbocycles. The van der Waals surface area contributed by atoms with Crippen LogP contribution in [0.1, 0.15) is 22.5 Å². The predicted molar refractivity (Wildman–Crippen MR) is 126 cm³/mol. The van der Waals surface area contributed by atoms with Crippen LogP contribution in [0.25, 0.3) is 22.7 Å². The second-order valence-corrected chi connectivity index (χ2v) is 7.45. The first kappa shape index (κ1) is 20.9. The summed E-state index contributed by atoms with van der Waals surface area (Å²) < 4.78 is 5.75. The van der Waals surface area contributed by atoms with E-state index in [1.54, 1.807) is 12.1 Å². The summed E-state index contributed by atoms with van der Waals surface area (Å²) in [5.41, 5.74) is 5.76. The van der Waals surface area contributed by atoms with Crippen LogP contribution in [0, 0.1) is 25.2 Å². The number of hydrogen-bond donors (Lipinski definition) is 2. The Bertz CT molecular complexity index is 1310. The van der Waals surface area contributed by atoms with Crippen molar-refractivity contribution in [2.75, 3.05) is 11.9 Å². The molecule has 1 heterocycles. The fourth-order valence-electron chi connectivity index (χ4n) is 3.30. The molecule has 0 bridgehead atoms. The van der Waals surface area contributed by atoms with Gasteiger partial charge in [0.05, 0.1) is 16.6 Å². The summed E-state index contributed by atoms with van der Waals surface area (Å²) in [6, 6.07) is 22.7. The van der Waals surface area contributed by atoms with Crippen LogP contribution in [-0.4, -0.2) is 22.5 Å². The number of aromatic nitrogens is 2. The van der Waals surface area contributed by atoms with Crippen molar-refractivity contribution < 1.29 is 9.53 Å². The Balaban J connectivity index is 1.55. The molecule has 6 heteroatoms. The fourth-order valence-corrected chi connectivity index (χ4v) is 3.30. The second kappa shape index (κ2) is 9.19. The summed E-state index contributed by atoms with van der Waals surface area (Å²) in [5, 5.41) is 12.6. The van der Waals surface area contributed by atoms with Gasteiger partial charge in [-0.3, -0.25) is 4.79 Å². The molecule has 2 N–H and O–H groups in total. The summed E-state index contributed by atoms with van der Waals surface area (Å²) in [4.78, 5) is 20.0. The van der Waals surface area contributed by atoms with Crippen LogP contribution < -0.4 is 10.1 Å². The molecule has 6 nitrogen and oxygen atoms in total. The third kappa shape index (κ3) is 4.68. The Morgan fingerprint density at radius 1 is 1.09 bits per heavy atom. The summed E-state index contributed by atoms with van der Waals surface area (Å²) in [7, 11) is 0. The molecular formula is C26H22N4O2. The molecule has 32 heavy (non-hydrogen) atoms. The van der Waals surface area contributed by atoms with E-state index in [0.717, 1.165) is 22.2 Å². The minimum absolute atomic E-state index is 0.148. The van der Waals surface area contributed by atoms with Gasteiger partial charge in [-0.2, -0.15) is 5.26 Å². The topological polar surface area (TPSA) is 90.8 Å². The van der Waals surface area contributed by atoms with Crippen molar-refractivity contribution in [2.45, 2.75) is 13.8 Å². The van der Waals surface area contributed by atoms with Gasteiger partial charge in [0.2, 0.25) is 0 Å². The van der Waals surface area contributed by atoms with E-state index in [1.165, 1.54) is 0 Å². The van der Waals surface area contributed by atoms with Crippen LogP contribution in [0.15, 0.2) is 66.7 Å². The van der Waals surface area contributed by atoms with Crippen LogP contribution in [0.2, 0.25) is 0 Å². The number of nitrogens with one attached hydrogen (secondary N) is 2. The van der Waals surface area contributed by atoms with Crippen LogP contribution in [0.3, 0.4) is 0 Å². The number of ether oxygens (including phenoxy) is 1. The molecule has 0 radical (unpaired) electrons. The van der Waals surface area contributed by atoms with Crippen molar-refractivity contribution in [3.05, 3.63) is 89.2 Å². The zero-order chi connectivity index (χ0) is 22.5. The molecule has 4 aromatic rings. The number of fused-ring (bicyclic) bond motifs is 1. The first-order valence-corrected chi connectivity index (χ1v) is 10.2. The summed E-state index contributed by atoms with van der Waals surface area (Å²) in [5.74, 6) is 0.730. The van der Waals surface area contributed by atoms with Gasteiger partial charge in [0.25, 0.3) is 5.91 Å². The van der Waals surface area contributed by atoms with Crippen LogP contribution in [0.4, 0.5) is 5.69 Å². The minimum atomic E-state index is -0.265. The Kier molecular flexibility index (Phi) is 6.00. The number of aromatic amines is 1. The van der Waals surface area contributed by atoms with E-state index in [0.29, 0.717) is 28.4 Å². The number of imidazole rings is 1. The number of rotatable bonds is 6. The highest BCUT2D eigenvalue weighted by molar-refractivity contribution is 5.93. The van der Waals surface area contributed by atoms with Gasteiger partial charge in [0.1, 0.15) is 17.6 Å². The number of carbonyl (C=O) groups is 1. The molecule has 0 unspecified atom stereocenters. The molecular weight excluding hydrogens is 400 g/mol. The number of amides is 1. The third-order valence-corrected chi connectivity index (χ3v) is 5.11. The van der Waals surface area contributed by atoms with E-state index in [2.05, 4.69) is 21.4 Å². The van der Waals surface area contributed by atoms with Gasteiger partial charge in [-0.05, 0) is 61.4 Å². The lowest BCUT2D eigenvalue weighted by atomic mass is 10.1. The van der Waals surface area contributed by atoms with Gasteiger partial charge in [-0.15, -0.1) is 0 Å². The first-order chi connectivity index (χ1) is 15.5. The largest absolute Gasteiger partial charge is 0.483 e. The Morgan fingerprint density at radius 2 is 1.81 bits per heavy atom. The molecule has 0 spiro atoms. The van der Waals surface area contributed by atoms with Crippen molar-refractivity contribution in [3.63, 3.8) is 0 Å². The highest BCUT2D eigenvalue weighted by Crippen LogP contribution is 2.26. The van der Waals surface area contributed by atoms with E-state index >= 15 is 0 Å². The molecule has 0 fully saturated rings. The maximum absolute atomic E-state index is 12.2. The molecule has 0 aliphatic heterocycles. The summed E-state index contributed by atoms with van der Waals surface area (Å²) in [6.07, 6.45) is 1.71. The molecule has 0 saturated carbocycles. The van der Waals surface area contributed by atoms with Gasteiger partial charge >= 0.3 is 0 Å². The van der Waals surface area contributed by atoms with Crippen molar-refractivity contribution in [1.29, 1.82) is 5.26 Å². The monoisotopic (exact) mass is 422 g/mol. The Morgan fingerprint density at radius 3 is 2.59 bits per heavy atom. The highest BCUT2D eigenvalue weighted by atomic mass is 16.5. The van der Waals surface area contributed by atoms with Crippen molar-refractivity contribution in [1.82, 2.24) is 9.97 Å². The van der Waals surface area contributed by atoms with Crippen LogP contribution in [0.5, 0.6) is 5.75 Å². The zero-order valence-corrected chi connectivity index (χ0v) is 17.8. The molecule has 0 aliphatic rings. The van der Waals surface area contributed by atoms with E-state index in [4.69, 9.17) is 4.74 Å². The number of nitriles is 1. The quantitative estimate of drug-likeness (QED) is 0.415. The highest BCUT2D eigenvalue weighted by Gasteiger charge is 2.12. The molecule has 1 amide bonds. The van der Waals surface area contributed by atoms with E-state index in [9.17, 15) is 10.1 Å². The van der Waals surface area contributed by atoms with E-state index in [1.807, 2.05) is 74.5 Å². The predicted octanol–water partition coefficient (Wildman–Crippen LogP) is 5.26. The number of H-pyrrole nitrogens is 1. The molecule has 4 rings (SSSR count). The van der Waals surface area contributed by atoms with Crippen LogP contribution >= 0.6 is 0 Å². The molecule has 3 aromatic carbocycles. The lowest BCUT2D eigenvalue weighted by Crippen LogP contribution is -2.20. The van der Waals surface area contributed by atoms with Gasteiger partial charge < -0.3 is 15.0 Å². The molecule has 0 saturated heterocycles. The number of para-hydroxylation sites is 2. The van der Waals surface area contributed by atoms with Crippen molar-refractivity contribution in [2.24, 2.45) is 0 Å². The third-order valence-electron chi connectivity index (χ3n) is 5.11. The Labute approximate surface area is 186 Å². The number of nitrogens with zero attached hydrogens (tertiary/aromatic N) is 2. The molecule has 1 aromatic heterocycles. The minimum Gasteiger partial charge on any atom is -0.483 e. The SMILES string of the molecule is Cc1cc2nc(/C(C#N)=C/c3ccccc3OCC(=O)Nc3ccccc3)[nH]c2cc1C. The van der Waals surface area contributed by atoms with Gasteiger partial charge in [0, 0.05) is 11.3 Å². The van der Waals surface area contributed by atoms with Crippen molar-refractivity contribution >= 4 is 34.3 Å². The first-order valence-electron chi connectivity index (χ1n) is 10.2. The fraction of sp³-hybridized carbons (Fsp3) is 0.115. The van der Waals surface area contributed by atoms with E-state index < -0.39 is 0 Å². The Hall–Kier alpha value is -4.37. The number of anilines is 1. The van der Waals surface area contributed by atoms with Gasteiger partial charge in [0.15, 0.2) is 6.61 Å². The number of aryl methyl sites for hydroxylation is 2. The standard InChI is InChI=1S/C26H22N4O2/c1-17-12-22-23(13-18(17)2)30-26(29-22)20(15-27)14-19-8-6-7-11-24(19)32-16-25(31)28-21-9-4-3-5-10-21/h3-14H,16H2,1-2H3,(H,28,31)(H,29,30)/b20-14+. The average Bonchev–Trinajstić information content (AvgIpc) is 3.20. The number of hydrogen-bond acceptors (Lipinski definition) is 4. The normalized spacial score (nSPS) is 11.2. The lowest BCUT2D eigenvalue weighted by molar-refractivity contribution is -0.118. The molecule has 158 valence electrons. The molecule has 0 atom stereocenters. The number of allylic oxidation sites excluding steroid dienone is 1. The number of carbonyl (C=O) groups excluding carboxylic acids is 1. The van der Waals surface area contributed by atoms with Crippen LogP contribution in [-0.2, 0) is 4.79 Å². The lowest BCUT2D eigenvalue weighted by Gasteiger charge is -2.10. The number of benzene rings is 3. The second-order valence-electron chi connectivity index (χ2n) is 7.45. The van der Waals surface area contributed by atoms with Gasteiger partial charge in [-0.25, -0.2) is 4.98 Å². The maximum atomic E-state index is 12.2. The zero-order valence-electron chi connectivity index (χ0n) is 17.8. The smallest absolute Gasteiger partial charge is 0.262 e. The van der Waals surface area contributed by atoms with Gasteiger partial charge in [-0.1, -0.05) is 36.4 Å². The summed E-state index contributed by atoms with van der Waals surface area (Å²) >= 11 is 0. The van der Waals surface area contributed by atoms with E-state index in [-0.39, 0.29) is 12.5 Å². The summed E-state index contributed by atoms with van der Waals surface area (Å²) in [6.45, 7) is 3.92. The maximum Gasteiger partial charge on any atom is 0.262 e. The van der Waals surface area contributed by atoms with Crippen molar-refractivity contribution in [3.8, 4) is 11.8 Å².